The van der Waals surface area contributed by atoms with Crippen LogP contribution in [-0.4, -0.2) is 48.2 Å². The summed E-state index contributed by atoms with van der Waals surface area (Å²) in [5, 5.41) is 14.9. The molecule has 0 radical (unpaired) electrons. The van der Waals surface area contributed by atoms with Gasteiger partial charge in [-0.15, -0.1) is 0 Å². The smallest absolute Gasteiger partial charge is 0.333 e. The quantitative estimate of drug-likeness (QED) is 0.216. The van der Waals surface area contributed by atoms with Crippen molar-refractivity contribution in [1.29, 1.82) is 0 Å². The average molecular weight is 428 g/mol. The zero-order chi connectivity index (χ0) is 21.6. The number of hydrogen-bond acceptors (Lipinski definition) is 6. The molecule has 162 valence electrons. The highest BCUT2D eigenvalue weighted by Gasteiger charge is 2.27. The third-order valence-electron chi connectivity index (χ3n) is 4.23. The van der Waals surface area contributed by atoms with Crippen LogP contribution < -0.4 is 15.5 Å². The van der Waals surface area contributed by atoms with E-state index in [2.05, 4.69) is 15.5 Å². The lowest BCUT2D eigenvalue weighted by molar-refractivity contribution is -0.148. The van der Waals surface area contributed by atoms with E-state index in [4.69, 9.17) is 16.5 Å². The number of carbonyl (C=O) groups excluding carboxylic acids is 3. The fourth-order valence-corrected chi connectivity index (χ4v) is 2.80. The second kappa shape index (κ2) is 13.9. The van der Waals surface area contributed by atoms with E-state index < -0.39 is 42.5 Å². The molecule has 1 rings (SSSR count). The molecule has 0 saturated heterocycles. The van der Waals surface area contributed by atoms with Crippen molar-refractivity contribution in [3.05, 3.63) is 35.9 Å². The van der Waals surface area contributed by atoms with E-state index in [1.807, 2.05) is 13.8 Å². The molecule has 3 atom stereocenters. The Morgan fingerprint density at radius 2 is 1.83 bits per heavy atom. The van der Waals surface area contributed by atoms with E-state index in [1.165, 1.54) is 0 Å². The summed E-state index contributed by atoms with van der Waals surface area (Å²) in [5.41, 5.74) is 0.572. The van der Waals surface area contributed by atoms with E-state index in [0.29, 0.717) is 18.4 Å². The molecule has 1 aromatic carbocycles. The molecule has 1 aromatic rings. The lowest BCUT2D eigenvalue weighted by atomic mass is 10.1. The van der Waals surface area contributed by atoms with Crippen LogP contribution >= 0.6 is 11.8 Å². The summed E-state index contributed by atoms with van der Waals surface area (Å²) in [6.07, 6.45) is 1.41. The molecule has 0 spiro atoms. The highest BCUT2D eigenvalue weighted by atomic mass is 35.5. The van der Waals surface area contributed by atoms with Crippen LogP contribution in [0.1, 0.15) is 51.1 Å². The maximum atomic E-state index is 12.4. The molecule has 0 aliphatic heterocycles. The minimum absolute atomic E-state index is 0.266. The molecule has 0 fully saturated rings. The predicted molar refractivity (Wildman–Crippen MR) is 110 cm³/mol. The lowest BCUT2D eigenvalue weighted by Gasteiger charge is -2.21. The summed E-state index contributed by atoms with van der Waals surface area (Å²) in [7, 11) is 0. The van der Waals surface area contributed by atoms with Gasteiger partial charge in [0.05, 0.1) is 19.2 Å². The highest BCUT2D eigenvalue weighted by Crippen LogP contribution is 2.14. The van der Waals surface area contributed by atoms with E-state index >= 15 is 0 Å². The van der Waals surface area contributed by atoms with Crippen LogP contribution in [0.4, 0.5) is 0 Å². The van der Waals surface area contributed by atoms with E-state index in [-0.39, 0.29) is 6.61 Å². The Hall–Kier alpha value is -2.16. The molecule has 0 saturated carbocycles. The van der Waals surface area contributed by atoms with Gasteiger partial charge < -0.3 is 20.5 Å². The van der Waals surface area contributed by atoms with Gasteiger partial charge in [-0.25, -0.2) is 9.63 Å². The largest absolute Gasteiger partial charge is 0.464 e. The van der Waals surface area contributed by atoms with Crippen molar-refractivity contribution in [2.45, 2.75) is 57.7 Å². The van der Waals surface area contributed by atoms with Crippen LogP contribution in [0.3, 0.4) is 0 Å². The molecule has 8 nitrogen and oxygen atoms in total. The van der Waals surface area contributed by atoms with Crippen LogP contribution in [0, 0.1) is 0 Å². The minimum Gasteiger partial charge on any atom is -0.464 e. The molecule has 0 aromatic heterocycles. The van der Waals surface area contributed by atoms with Crippen LogP contribution in [0.5, 0.6) is 0 Å². The Balaban J connectivity index is 2.68. The molecule has 4 N–H and O–H groups in total. The first-order valence-corrected chi connectivity index (χ1v) is 10.1. The van der Waals surface area contributed by atoms with Crippen molar-refractivity contribution in [2.24, 2.45) is 0 Å². The summed E-state index contributed by atoms with van der Waals surface area (Å²) in [6, 6.07) is 7.09. The van der Waals surface area contributed by atoms with Crippen molar-refractivity contribution in [2.75, 3.05) is 13.2 Å². The maximum absolute atomic E-state index is 12.4. The summed E-state index contributed by atoms with van der Waals surface area (Å²) >= 11 is 5.55. The Kier molecular flexibility index (Phi) is 11.9. The molecular weight excluding hydrogens is 398 g/mol. The summed E-state index contributed by atoms with van der Waals surface area (Å²) in [4.78, 5) is 39.1. The van der Waals surface area contributed by atoms with Gasteiger partial charge in [-0.2, -0.15) is 0 Å². The number of unbranched alkanes of at least 4 members (excludes halogenated alkanes) is 1. The number of carbonyl (C=O) groups is 3. The number of rotatable bonds is 13. The SMILES string of the molecule is CCCCOC(=O)[C@@H](NC(=O)CNC(=O)C(O)C(CCC)NCl)c1ccccc1. The maximum Gasteiger partial charge on any atom is 0.333 e. The molecule has 2 unspecified atom stereocenters. The lowest BCUT2D eigenvalue weighted by Crippen LogP contribution is -2.49. The summed E-state index contributed by atoms with van der Waals surface area (Å²) < 4.78 is 5.23. The third kappa shape index (κ3) is 8.81. The van der Waals surface area contributed by atoms with Gasteiger partial charge in [0.1, 0.15) is 6.10 Å². The summed E-state index contributed by atoms with van der Waals surface area (Å²) in [6.45, 7) is 3.74. The van der Waals surface area contributed by atoms with Gasteiger partial charge in [0.25, 0.3) is 5.91 Å². The number of amides is 2. The fraction of sp³-hybridized carbons (Fsp3) is 0.550. The number of halogens is 1. The van der Waals surface area contributed by atoms with Gasteiger partial charge in [0.2, 0.25) is 5.91 Å². The number of benzene rings is 1. The van der Waals surface area contributed by atoms with Gasteiger partial charge >= 0.3 is 5.97 Å². The van der Waals surface area contributed by atoms with Crippen molar-refractivity contribution in [3.63, 3.8) is 0 Å². The van der Waals surface area contributed by atoms with Crippen molar-refractivity contribution in [3.8, 4) is 0 Å². The number of aliphatic hydroxyl groups excluding tert-OH is 1. The van der Waals surface area contributed by atoms with Crippen LogP contribution in [-0.2, 0) is 19.1 Å². The fourth-order valence-electron chi connectivity index (χ4n) is 2.57. The molecule has 0 aliphatic rings. The first kappa shape index (κ1) is 24.9. The number of nitrogens with one attached hydrogen (secondary N) is 3. The molecule has 2 amide bonds. The van der Waals surface area contributed by atoms with E-state index in [0.717, 1.165) is 12.8 Å². The number of aliphatic hydroxyl groups is 1. The number of ether oxygens (including phenoxy) is 1. The Morgan fingerprint density at radius 1 is 1.14 bits per heavy atom. The molecule has 0 aliphatic carbocycles. The van der Waals surface area contributed by atoms with Crippen molar-refractivity contribution < 1.29 is 24.2 Å². The van der Waals surface area contributed by atoms with Gasteiger partial charge in [-0.3, -0.25) is 9.59 Å². The van der Waals surface area contributed by atoms with Gasteiger partial charge in [0.15, 0.2) is 6.04 Å². The highest BCUT2D eigenvalue weighted by molar-refractivity contribution is 6.13. The number of hydrogen-bond donors (Lipinski definition) is 4. The van der Waals surface area contributed by atoms with Gasteiger partial charge in [0, 0.05) is 0 Å². The summed E-state index contributed by atoms with van der Waals surface area (Å²) in [5.74, 6) is -1.88. The molecule has 0 heterocycles. The first-order valence-electron chi connectivity index (χ1n) is 9.77. The average Bonchev–Trinajstić information content (AvgIpc) is 2.74. The second-order valence-corrected chi connectivity index (χ2v) is 6.82. The topological polar surface area (TPSA) is 117 Å². The van der Waals surface area contributed by atoms with Crippen LogP contribution in [0.15, 0.2) is 30.3 Å². The monoisotopic (exact) mass is 427 g/mol. The normalized spacial score (nSPS) is 13.8. The standard InChI is InChI=1S/C20H30ClN3O5/c1-3-5-12-29-20(28)17(14-10-7-6-8-11-14)23-16(25)13-22-19(27)18(26)15(24-21)9-4-2/h6-8,10-11,15,17-18,24,26H,3-5,9,12-13H2,1-2H3,(H,22,27)(H,23,25)/t15?,17-,18?/m0/s1. The Labute approximate surface area is 176 Å². The minimum atomic E-state index is -1.40. The Morgan fingerprint density at radius 3 is 2.41 bits per heavy atom. The molecule has 29 heavy (non-hydrogen) atoms. The predicted octanol–water partition coefficient (Wildman–Crippen LogP) is 1.58. The zero-order valence-corrected chi connectivity index (χ0v) is 17.6. The molecular formula is C20H30ClN3O5. The van der Waals surface area contributed by atoms with Gasteiger partial charge in [-0.1, -0.05) is 57.0 Å². The molecule has 0 bridgehead atoms. The van der Waals surface area contributed by atoms with Crippen molar-refractivity contribution in [1.82, 2.24) is 15.5 Å². The van der Waals surface area contributed by atoms with Crippen LogP contribution in [0.25, 0.3) is 0 Å². The number of esters is 1. The zero-order valence-electron chi connectivity index (χ0n) is 16.8. The molecule has 9 heteroatoms. The van der Waals surface area contributed by atoms with Gasteiger partial charge in [-0.05, 0) is 30.2 Å². The van der Waals surface area contributed by atoms with Crippen LogP contribution in [0.2, 0.25) is 0 Å². The van der Waals surface area contributed by atoms with E-state index in [9.17, 15) is 19.5 Å². The third-order valence-corrected chi connectivity index (χ3v) is 4.51. The second-order valence-electron chi connectivity index (χ2n) is 6.60. The Bertz CT molecular complexity index is 644. The van der Waals surface area contributed by atoms with E-state index in [1.54, 1.807) is 30.3 Å². The first-order chi connectivity index (χ1) is 13.9. The van der Waals surface area contributed by atoms with Crippen molar-refractivity contribution >= 4 is 29.6 Å².